The van der Waals surface area contributed by atoms with E-state index in [4.69, 9.17) is 4.42 Å². The zero-order valence-electron chi connectivity index (χ0n) is 16.5. The second-order valence-electron chi connectivity index (χ2n) is 7.37. The summed E-state index contributed by atoms with van der Waals surface area (Å²) in [4.78, 5) is 25.8. The van der Waals surface area contributed by atoms with Gasteiger partial charge in [-0.25, -0.2) is 4.39 Å². The van der Waals surface area contributed by atoms with Crippen molar-refractivity contribution >= 4 is 40.5 Å². The number of nitrogens with one attached hydrogen (secondary N) is 1. The van der Waals surface area contributed by atoms with Gasteiger partial charge in [0, 0.05) is 17.5 Å². The fourth-order valence-corrected chi connectivity index (χ4v) is 5.18. The molecule has 0 bridgehead atoms. The summed E-state index contributed by atoms with van der Waals surface area (Å²) >= 11 is 2.76. The fraction of sp³-hybridized carbons (Fsp3) is 0.333. The molecule has 4 rings (SSSR count). The minimum Gasteiger partial charge on any atom is -0.410 e. The van der Waals surface area contributed by atoms with Crippen molar-refractivity contribution in [1.29, 1.82) is 0 Å². The van der Waals surface area contributed by atoms with E-state index >= 15 is 0 Å². The predicted octanol–water partition coefficient (Wildman–Crippen LogP) is 5.00. The molecule has 0 saturated heterocycles. The van der Waals surface area contributed by atoms with E-state index in [-0.39, 0.29) is 22.4 Å². The Morgan fingerprint density at radius 1 is 1.33 bits per heavy atom. The Kier molecular flexibility index (Phi) is 6.01. The summed E-state index contributed by atoms with van der Waals surface area (Å²) in [5, 5.41) is 10.9. The molecule has 3 aromatic rings. The van der Waals surface area contributed by atoms with Crippen molar-refractivity contribution in [3.8, 4) is 10.8 Å². The molecule has 1 amide bonds. The lowest BCUT2D eigenvalue weighted by Crippen LogP contribution is -2.09. The van der Waals surface area contributed by atoms with Crippen LogP contribution >= 0.6 is 23.1 Å². The number of rotatable bonds is 6. The van der Waals surface area contributed by atoms with Gasteiger partial charge in [0.15, 0.2) is 5.78 Å². The highest BCUT2D eigenvalue weighted by Crippen LogP contribution is 2.37. The Balaban J connectivity index is 1.40. The normalized spacial score (nSPS) is 15.6. The number of anilines is 1. The molecule has 0 spiro atoms. The molecule has 1 unspecified atom stereocenters. The number of fused-ring (bicyclic) bond motifs is 1. The first kappa shape index (κ1) is 20.7. The SMILES string of the molecule is CC(=O)Nc1ccc(C(=O)CSc2nnc(-c3cc4c(s3)CCC(C)C4)o2)c(F)c1. The second-order valence-corrected chi connectivity index (χ2v) is 9.43. The number of halogens is 1. The predicted molar refractivity (Wildman–Crippen MR) is 115 cm³/mol. The number of aryl methyl sites for hydroxylation is 1. The molecule has 2 heterocycles. The molecule has 0 aliphatic heterocycles. The van der Waals surface area contributed by atoms with Gasteiger partial charge in [0.1, 0.15) is 5.82 Å². The number of hydrogen-bond donors (Lipinski definition) is 1. The standard InChI is InChI=1S/C21H20FN3O3S2/c1-11-3-6-18-13(7-11)8-19(30-18)20-24-25-21(28-20)29-10-17(27)15-5-4-14(9-16(15)22)23-12(2)26/h4-5,8-9,11H,3,6-7,10H2,1-2H3,(H,23,26). The van der Waals surface area contributed by atoms with Crippen molar-refractivity contribution in [1.82, 2.24) is 10.2 Å². The minimum atomic E-state index is -0.684. The third-order valence-corrected chi connectivity index (χ3v) is 6.91. The second kappa shape index (κ2) is 8.69. The Bertz CT molecular complexity index is 1110. The first-order chi connectivity index (χ1) is 14.4. The van der Waals surface area contributed by atoms with Gasteiger partial charge >= 0.3 is 0 Å². The number of carbonyl (C=O) groups excluding carboxylic acids is 2. The van der Waals surface area contributed by atoms with Gasteiger partial charge in [-0.3, -0.25) is 9.59 Å². The highest BCUT2D eigenvalue weighted by molar-refractivity contribution is 7.99. The molecule has 6 nitrogen and oxygen atoms in total. The first-order valence-electron chi connectivity index (χ1n) is 9.57. The van der Waals surface area contributed by atoms with Gasteiger partial charge in [0.05, 0.1) is 16.2 Å². The van der Waals surface area contributed by atoms with E-state index in [1.54, 1.807) is 11.3 Å². The lowest BCUT2D eigenvalue weighted by Gasteiger charge is -2.16. The molecule has 1 aliphatic carbocycles. The van der Waals surface area contributed by atoms with Crippen LogP contribution in [0.4, 0.5) is 10.1 Å². The van der Waals surface area contributed by atoms with Crippen LogP contribution in [0.1, 0.15) is 41.1 Å². The van der Waals surface area contributed by atoms with Crippen LogP contribution in [0.2, 0.25) is 0 Å². The van der Waals surface area contributed by atoms with E-state index in [9.17, 15) is 14.0 Å². The molecular weight excluding hydrogens is 425 g/mol. The molecule has 30 heavy (non-hydrogen) atoms. The van der Waals surface area contributed by atoms with Gasteiger partial charge in [-0.05, 0) is 55.0 Å². The molecular formula is C21H20FN3O3S2. The zero-order chi connectivity index (χ0) is 21.3. The summed E-state index contributed by atoms with van der Waals surface area (Å²) in [6.07, 6.45) is 3.35. The molecule has 1 aromatic carbocycles. The quantitative estimate of drug-likeness (QED) is 0.425. The summed E-state index contributed by atoms with van der Waals surface area (Å²) in [6, 6.07) is 6.10. The maximum absolute atomic E-state index is 14.2. The highest BCUT2D eigenvalue weighted by Gasteiger charge is 2.21. The monoisotopic (exact) mass is 445 g/mol. The molecule has 0 fully saturated rings. The van der Waals surface area contributed by atoms with Crippen LogP contribution < -0.4 is 5.32 Å². The number of ketones is 1. The molecule has 0 saturated carbocycles. The number of Topliss-reactive ketones (excluding diaryl/α,β-unsaturated/α-hetero) is 1. The first-order valence-corrected chi connectivity index (χ1v) is 11.4. The van der Waals surface area contributed by atoms with Crippen molar-refractivity contribution in [2.45, 2.75) is 38.3 Å². The Morgan fingerprint density at radius 3 is 2.93 bits per heavy atom. The lowest BCUT2D eigenvalue weighted by molar-refractivity contribution is -0.114. The van der Waals surface area contributed by atoms with Crippen molar-refractivity contribution < 1.29 is 18.4 Å². The molecule has 9 heteroatoms. The number of amides is 1. The lowest BCUT2D eigenvalue weighted by atomic mass is 9.90. The zero-order valence-corrected chi connectivity index (χ0v) is 18.2. The van der Waals surface area contributed by atoms with E-state index in [0.29, 0.717) is 17.5 Å². The van der Waals surface area contributed by atoms with Crippen molar-refractivity contribution in [3.05, 3.63) is 46.1 Å². The van der Waals surface area contributed by atoms with E-state index in [0.717, 1.165) is 35.5 Å². The number of hydrogen-bond acceptors (Lipinski definition) is 7. The summed E-state index contributed by atoms with van der Waals surface area (Å²) in [5.41, 5.74) is 1.62. The van der Waals surface area contributed by atoms with Gasteiger partial charge in [-0.2, -0.15) is 0 Å². The summed E-state index contributed by atoms with van der Waals surface area (Å²) in [7, 11) is 0. The summed E-state index contributed by atoms with van der Waals surface area (Å²) < 4.78 is 19.9. The number of nitrogens with zero attached hydrogens (tertiary/aromatic N) is 2. The smallest absolute Gasteiger partial charge is 0.277 e. The maximum Gasteiger partial charge on any atom is 0.277 e. The van der Waals surface area contributed by atoms with Crippen LogP contribution in [-0.2, 0) is 17.6 Å². The largest absolute Gasteiger partial charge is 0.410 e. The average molecular weight is 446 g/mol. The van der Waals surface area contributed by atoms with E-state index in [1.165, 1.54) is 35.9 Å². The summed E-state index contributed by atoms with van der Waals surface area (Å²) in [6.45, 7) is 3.59. The Hall–Kier alpha value is -2.52. The third kappa shape index (κ3) is 4.62. The Labute approximate surface area is 181 Å². The Morgan fingerprint density at radius 2 is 2.17 bits per heavy atom. The topological polar surface area (TPSA) is 85.1 Å². The van der Waals surface area contributed by atoms with Crippen LogP contribution in [0.25, 0.3) is 10.8 Å². The van der Waals surface area contributed by atoms with E-state index in [2.05, 4.69) is 28.5 Å². The maximum atomic E-state index is 14.2. The number of thiophene rings is 1. The van der Waals surface area contributed by atoms with Gasteiger partial charge in [-0.15, -0.1) is 21.5 Å². The van der Waals surface area contributed by atoms with E-state index < -0.39 is 11.6 Å². The highest BCUT2D eigenvalue weighted by atomic mass is 32.2. The van der Waals surface area contributed by atoms with Gasteiger partial charge < -0.3 is 9.73 Å². The molecule has 156 valence electrons. The molecule has 0 radical (unpaired) electrons. The van der Waals surface area contributed by atoms with Crippen molar-refractivity contribution in [2.75, 3.05) is 11.1 Å². The third-order valence-electron chi connectivity index (χ3n) is 4.86. The van der Waals surface area contributed by atoms with E-state index in [1.807, 2.05) is 0 Å². The molecule has 1 N–H and O–H groups in total. The van der Waals surface area contributed by atoms with Crippen LogP contribution in [0.3, 0.4) is 0 Å². The van der Waals surface area contributed by atoms with Crippen LogP contribution in [0.5, 0.6) is 0 Å². The molecule has 1 aliphatic rings. The van der Waals surface area contributed by atoms with Crippen LogP contribution in [0, 0.1) is 11.7 Å². The fourth-order valence-electron chi connectivity index (χ4n) is 3.41. The number of thioether (sulfide) groups is 1. The number of benzene rings is 1. The number of carbonyl (C=O) groups is 2. The average Bonchev–Trinajstić information content (AvgIpc) is 3.32. The van der Waals surface area contributed by atoms with Crippen molar-refractivity contribution in [2.24, 2.45) is 5.92 Å². The minimum absolute atomic E-state index is 0.0313. The van der Waals surface area contributed by atoms with Gasteiger partial charge in [0.25, 0.3) is 11.1 Å². The molecule has 1 atom stereocenters. The summed E-state index contributed by atoms with van der Waals surface area (Å²) in [5.74, 6) is -0.285. The van der Waals surface area contributed by atoms with Gasteiger partial charge in [0.2, 0.25) is 5.91 Å². The van der Waals surface area contributed by atoms with Crippen LogP contribution in [0.15, 0.2) is 33.9 Å². The van der Waals surface area contributed by atoms with Crippen LogP contribution in [-0.4, -0.2) is 27.6 Å². The van der Waals surface area contributed by atoms with Crippen molar-refractivity contribution in [3.63, 3.8) is 0 Å². The molecule has 2 aromatic heterocycles. The number of aromatic nitrogens is 2. The van der Waals surface area contributed by atoms with Gasteiger partial charge in [-0.1, -0.05) is 18.7 Å².